The first-order valence-electron chi connectivity index (χ1n) is 24.5. The lowest BCUT2D eigenvalue weighted by atomic mass is 9.98. The molecule has 238 valence electrons. The number of aromatic nitrogens is 2. The van der Waals surface area contributed by atoms with Crippen molar-refractivity contribution >= 4 is 75.1 Å². The summed E-state index contributed by atoms with van der Waals surface area (Å²) in [6.07, 6.45) is 0. The van der Waals surface area contributed by atoms with Crippen molar-refractivity contribution in [3.8, 4) is 33.6 Å². The highest BCUT2D eigenvalue weighted by Gasteiger charge is 2.19. The van der Waals surface area contributed by atoms with Gasteiger partial charge in [-0.15, -0.1) is 11.3 Å². The second-order valence-corrected chi connectivity index (χ2v) is 13.1. The summed E-state index contributed by atoms with van der Waals surface area (Å²) < 4.78 is 153. The SMILES string of the molecule is [2H]c1c([2H])c([2H])c(-c2c([2H])c([2H])c([2H])c(-c3ccc4sc5cccc(-n6c7ccccc7c7ccc(-n8c9c([2H])c([2H])c([2H])c([2H])c9c9c([2H])c([2H])c([2H])c([2H])c98)cc76)c5c4c3)c2[2H])c([2H])c1[2H]. The number of hydrogen-bond acceptors (Lipinski definition) is 1. The highest BCUT2D eigenvalue weighted by molar-refractivity contribution is 7.25. The molecule has 0 aliphatic heterocycles. The Labute approximate surface area is 322 Å². The molecule has 0 radical (unpaired) electrons. The van der Waals surface area contributed by atoms with Crippen LogP contribution in [0.2, 0.25) is 0 Å². The molecule has 2 nitrogen and oxygen atoms in total. The van der Waals surface area contributed by atoms with Crippen molar-refractivity contribution < 1.29 is 23.3 Å². The van der Waals surface area contributed by atoms with Crippen LogP contribution < -0.4 is 0 Å². The van der Waals surface area contributed by atoms with Gasteiger partial charge in [-0.05, 0) is 82.8 Å². The third kappa shape index (κ3) is 4.29. The van der Waals surface area contributed by atoms with Crippen molar-refractivity contribution in [2.24, 2.45) is 0 Å². The third-order valence-electron chi connectivity index (χ3n) is 9.33. The molecule has 0 aliphatic carbocycles. The Hall–Kier alpha value is -6.42. The van der Waals surface area contributed by atoms with Crippen molar-refractivity contribution in [1.82, 2.24) is 9.13 Å². The van der Waals surface area contributed by atoms with Crippen LogP contribution in [-0.2, 0) is 0 Å². The summed E-state index contributed by atoms with van der Waals surface area (Å²) in [6.45, 7) is 0. The standard InChI is InChI=1S/C48H30N2S/c1-2-12-31(13-3-1)32-14-10-15-33(28-32)34-24-27-46-40(29-34)48-44(22-11-23-47(48)51-46)50-43-21-9-6-18-38(43)39-26-25-35(30-45(39)50)49-41-19-7-4-16-36(41)37-17-5-8-20-42(37)49/h1-30H/i1D,2D,3D,4D,5D,7D,8D,10D,12D,13D,14D,15D,16D,17D,19D,20D,28D. The number of rotatable bonds is 4. The number of para-hydroxylation sites is 3. The van der Waals surface area contributed by atoms with Gasteiger partial charge in [0.25, 0.3) is 0 Å². The topological polar surface area (TPSA) is 9.86 Å². The fourth-order valence-corrected chi connectivity index (χ4v) is 8.28. The molecule has 0 N–H and O–H groups in total. The molecule has 0 amide bonds. The largest absolute Gasteiger partial charge is 0.309 e. The zero-order valence-corrected chi connectivity index (χ0v) is 27.1. The zero-order chi connectivity index (χ0) is 48.3. The molecule has 0 fully saturated rings. The van der Waals surface area contributed by atoms with Crippen LogP contribution in [0, 0.1) is 0 Å². The van der Waals surface area contributed by atoms with E-state index < -0.39 is 108 Å². The van der Waals surface area contributed by atoms with Gasteiger partial charge in [0.05, 0.1) is 51.1 Å². The van der Waals surface area contributed by atoms with Crippen LogP contribution in [-0.4, -0.2) is 9.13 Å². The Morgan fingerprint density at radius 1 is 0.412 bits per heavy atom. The molecule has 3 heterocycles. The lowest BCUT2D eigenvalue weighted by Gasteiger charge is -2.13. The van der Waals surface area contributed by atoms with Crippen LogP contribution in [0.25, 0.3) is 97.4 Å². The molecule has 3 aromatic heterocycles. The van der Waals surface area contributed by atoms with Crippen LogP contribution in [0.3, 0.4) is 0 Å². The van der Waals surface area contributed by atoms with Crippen molar-refractivity contribution in [2.75, 3.05) is 0 Å². The predicted molar refractivity (Wildman–Crippen MR) is 219 cm³/mol. The van der Waals surface area contributed by atoms with E-state index in [9.17, 15) is 1.37 Å². The summed E-state index contributed by atoms with van der Waals surface area (Å²) in [5, 5.41) is 3.09. The number of nitrogens with zero attached hydrogens (tertiary/aromatic N) is 2. The van der Waals surface area contributed by atoms with E-state index in [-0.39, 0.29) is 32.9 Å². The first-order chi connectivity index (χ1) is 32.4. The quantitative estimate of drug-likeness (QED) is 0.175. The van der Waals surface area contributed by atoms with Gasteiger partial charge in [0.15, 0.2) is 0 Å². The molecule has 0 saturated carbocycles. The van der Waals surface area contributed by atoms with Gasteiger partial charge in [-0.2, -0.15) is 0 Å². The third-order valence-corrected chi connectivity index (χ3v) is 10.5. The second kappa shape index (κ2) is 11.0. The highest BCUT2D eigenvalue weighted by Crippen LogP contribution is 2.43. The molecule has 51 heavy (non-hydrogen) atoms. The van der Waals surface area contributed by atoms with Gasteiger partial charge in [-0.3, -0.25) is 0 Å². The maximum absolute atomic E-state index is 9.39. The molecule has 0 aliphatic rings. The summed E-state index contributed by atoms with van der Waals surface area (Å²) in [5.41, 5.74) is 2.01. The van der Waals surface area contributed by atoms with Gasteiger partial charge < -0.3 is 9.13 Å². The number of hydrogen-bond donors (Lipinski definition) is 0. The summed E-state index contributed by atoms with van der Waals surface area (Å²) in [5.74, 6) is 0. The van der Waals surface area contributed by atoms with Crippen LogP contribution in [0.1, 0.15) is 23.3 Å². The van der Waals surface area contributed by atoms with E-state index in [2.05, 4.69) is 0 Å². The number of fused-ring (bicyclic) bond motifs is 9. The lowest BCUT2D eigenvalue weighted by Crippen LogP contribution is -1.97. The van der Waals surface area contributed by atoms with E-state index in [1.165, 1.54) is 15.9 Å². The molecule has 3 heteroatoms. The average Bonchev–Trinajstić information content (AvgIpc) is 4.01. The Bertz CT molecular complexity index is 4030. The van der Waals surface area contributed by atoms with E-state index in [1.807, 2.05) is 65.2 Å². The summed E-state index contributed by atoms with van der Waals surface area (Å²) in [7, 11) is 0. The normalized spacial score (nSPS) is 16.6. The maximum Gasteiger partial charge on any atom is 0.0645 e. The Balaban J connectivity index is 1.21. The van der Waals surface area contributed by atoms with E-state index in [1.54, 1.807) is 18.2 Å². The van der Waals surface area contributed by atoms with Crippen LogP contribution >= 0.6 is 11.3 Å². The molecular formula is C48H30N2S. The molecule has 0 spiro atoms. The van der Waals surface area contributed by atoms with Crippen LogP contribution in [0.4, 0.5) is 0 Å². The highest BCUT2D eigenvalue weighted by atomic mass is 32.1. The summed E-state index contributed by atoms with van der Waals surface area (Å²) in [4.78, 5) is 0. The molecule has 0 unspecified atom stereocenters. The zero-order valence-electron chi connectivity index (χ0n) is 43.3. The van der Waals surface area contributed by atoms with Crippen molar-refractivity contribution in [2.45, 2.75) is 0 Å². The van der Waals surface area contributed by atoms with Crippen molar-refractivity contribution in [3.63, 3.8) is 0 Å². The van der Waals surface area contributed by atoms with Crippen LogP contribution in [0.15, 0.2) is 182 Å². The Morgan fingerprint density at radius 3 is 1.94 bits per heavy atom. The summed E-state index contributed by atoms with van der Waals surface area (Å²) >= 11 is 1.49. The van der Waals surface area contributed by atoms with Gasteiger partial charge in [-0.1, -0.05) is 121 Å². The average molecular weight is 684 g/mol. The molecular weight excluding hydrogens is 637 g/mol. The Morgan fingerprint density at radius 2 is 1.12 bits per heavy atom. The van der Waals surface area contributed by atoms with E-state index >= 15 is 0 Å². The molecule has 0 bridgehead atoms. The van der Waals surface area contributed by atoms with Gasteiger partial charge >= 0.3 is 0 Å². The van der Waals surface area contributed by atoms with Crippen LogP contribution in [0.5, 0.6) is 0 Å². The minimum absolute atomic E-state index is 0.00925. The fraction of sp³-hybridized carbons (Fsp3) is 0. The number of benzene rings is 8. The molecule has 0 atom stereocenters. The monoisotopic (exact) mass is 683 g/mol. The smallest absolute Gasteiger partial charge is 0.0645 e. The lowest BCUT2D eigenvalue weighted by molar-refractivity contribution is 1.16. The minimum Gasteiger partial charge on any atom is -0.309 e. The fourth-order valence-electron chi connectivity index (χ4n) is 7.17. The van der Waals surface area contributed by atoms with Crippen molar-refractivity contribution in [1.29, 1.82) is 0 Å². The first kappa shape index (κ1) is 16.5. The summed E-state index contributed by atoms with van der Waals surface area (Å²) in [6, 6.07) is 15.2. The van der Waals surface area contributed by atoms with Crippen molar-refractivity contribution in [3.05, 3.63) is 182 Å². The molecule has 0 saturated heterocycles. The van der Waals surface area contributed by atoms with Gasteiger partial charge in [0, 0.05) is 47.4 Å². The maximum atomic E-state index is 9.39. The first-order valence-corrected chi connectivity index (χ1v) is 16.9. The molecule has 11 rings (SSSR count). The second-order valence-electron chi connectivity index (χ2n) is 12.0. The predicted octanol–water partition coefficient (Wildman–Crippen LogP) is 13.6. The molecule has 8 aromatic carbocycles. The van der Waals surface area contributed by atoms with Gasteiger partial charge in [0.2, 0.25) is 0 Å². The Kier molecular flexibility index (Phi) is 3.58. The minimum atomic E-state index is -0.658. The van der Waals surface area contributed by atoms with E-state index in [0.717, 1.165) is 31.1 Å². The number of thiophene rings is 1. The molecule has 11 aromatic rings. The van der Waals surface area contributed by atoms with Gasteiger partial charge in [0.1, 0.15) is 0 Å². The van der Waals surface area contributed by atoms with E-state index in [0.29, 0.717) is 27.8 Å². The van der Waals surface area contributed by atoms with Gasteiger partial charge in [-0.25, -0.2) is 0 Å². The van der Waals surface area contributed by atoms with E-state index in [4.69, 9.17) is 21.9 Å².